The first-order chi connectivity index (χ1) is 9.45. The summed E-state index contributed by atoms with van der Waals surface area (Å²) < 4.78 is 27.3. The topological polar surface area (TPSA) is 73.0 Å². The van der Waals surface area contributed by atoms with Crippen molar-refractivity contribution in [3.63, 3.8) is 0 Å². The summed E-state index contributed by atoms with van der Waals surface area (Å²) in [6.07, 6.45) is 1.60. The third-order valence-corrected chi connectivity index (χ3v) is 2.63. The smallest absolute Gasteiger partial charge is 0.330 e. The van der Waals surface area contributed by atoms with Gasteiger partial charge in [-0.3, -0.25) is 14.8 Å². The minimum Gasteiger partial charge on any atom is -0.363 e. The maximum absolute atomic E-state index is 13.0. The first-order valence-electron chi connectivity index (χ1n) is 5.82. The average Bonchev–Trinajstić information content (AvgIpc) is 2.69. The Morgan fingerprint density at radius 1 is 1.35 bits per heavy atom. The monoisotopic (exact) mass is 282 g/mol. The van der Waals surface area contributed by atoms with Gasteiger partial charge in [0.25, 0.3) is 0 Å². The lowest BCUT2D eigenvalue weighted by Gasteiger charge is -2.04. The van der Waals surface area contributed by atoms with E-state index in [0.29, 0.717) is 12.0 Å². The molecule has 0 amide bonds. The van der Waals surface area contributed by atoms with Crippen LogP contribution < -0.4 is 5.32 Å². The highest BCUT2D eigenvalue weighted by molar-refractivity contribution is 5.54. The van der Waals surface area contributed by atoms with Gasteiger partial charge < -0.3 is 5.32 Å². The number of rotatable bonds is 5. The van der Waals surface area contributed by atoms with Crippen molar-refractivity contribution in [1.82, 2.24) is 9.78 Å². The van der Waals surface area contributed by atoms with Crippen molar-refractivity contribution in [3.8, 4) is 0 Å². The number of nitrogens with one attached hydrogen (secondary N) is 1. The lowest BCUT2D eigenvalue weighted by molar-refractivity contribution is -0.384. The Balaban J connectivity index is 2.01. The van der Waals surface area contributed by atoms with Crippen LogP contribution in [0.25, 0.3) is 0 Å². The molecule has 0 unspecified atom stereocenters. The Labute approximate surface area is 113 Å². The number of halogens is 2. The number of nitrogens with zero attached hydrogens (tertiary/aromatic N) is 3. The molecule has 0 spiro atoms. The summed E-state index contributed by atoms with van der Waals surface area (Å²) in [5, 5.41) is 17.5. The van der Waals surface area contributed by atoms with Crippen LogP contribution in [0.3, 0.4) is 0 Å². The van der Waals surface area contributed by atoms with Crippen molar-refractivity contribution in [3.05, 3.63) is 51.7 Å². The number of hydrogen-bond acceptors (Lipinski definition) is 4. The van der Waals surface area contributed by atoms with Crippen LogP contribution in [0.5, 0.6) is 0 Å². The number of anilines is 1. The SMILES string of the molecule is Cn1cc([N+](=O)[O-])c(NCCc2cc(F)cc(F)c2)n1. The van der Waals surface area contributed by atoms with E-state index in [2.05, 4.69) is 10.4 Å². The van der Waals surface area contributed by atoms with Crippen LogP contribution in [0.15, 0.2) is 24.4 Å². The van der Waals surface area contributed by atoms with Crippen molar-refractivity contribution >= 4 is 11.5 Å². The van der Waals surface area contributed by atoms with Gasteiger partial charge in [-0.25, -0.2) is 8.78 Å². The van der Waals surface area contributed by atoms with E-state index in [1.807, 2.05) is 0 Å². The summed E-state index contributed by atoms with van der Waals surface area (Å²) in [6, 6.07) is 3.23. The molecule has 6 nitrogen and oxygen atoms in total. The quantitative estimate of drug-likeness (QED) is 0.674. The molecule has 106 valence electrons. The van der Waals surface area contributed by atoms with Gasteiger partial charge in [-0.05, 0) is 24.1 Å². The van der Waals surface area contributed by atoms with E-state index in [9.17, 15) is 18.9 Å². The zero-order valence-electron chi connectivity index (χ0n) is 10.6. The number of hydrogen-bond donors (Lipinski definition) is 1. The van der Waals surface area contributed by atoms with Gasteiger partial charge in [0.15, 0.2) is 0 Å². The van der Waals surface area contributed by atoms with E-state index in [4.69, 9.17) is 0 Å². The molecule has 1 aromatic carbocycles. The van der Waals surface area contributed by atoms with E-state index >= 15 is 0 Å². The zero-order chi connectivity index (χ0) is 14.7. The van der Waals surface area contributed by atoms with E-state index in [0.717, 1.165) is 6.07 Å². The predicted octanol–water partition coefficient (Wildman–Crippen LogP) is 2.26. The molecular weight excluding hydrogens is 270 g/mol. The average molecular weight is 282 g/mol. The summed E-state index contributed by atoms with van der Waals surface area (Å²) in [7, 11) is 1.57. The molecule has 0 aliphatic heterocycles. The maximum atomic E-state index is 13.0. The van der Waals surface area contributed by atoms with Gasteiger partial charge in [0.05, 0.1) is 4.92 Å². The summed E-state index contributed by atoms with van der Waals surface area (Å²) in [6.45, 7) is 0.279. The molecule has 0 atom stereocenters. The Bertz CT molecular complexity index is 622. The van der Waals surface area contributed by atoms with Crippen molar-refractivity contribution in [1.29, 1.82) is 0 Å². The molecule has 0 aliphatic carbocycles. The molecule has 1 heterocycles. The van der Waals surface area contributed by atoms with E-state index in [1.165, 1.54) is 23.0 Å². The predicted molar refractivity (Wildman–Crippen MR) is 68.4 cm³/mol. The maximum Gasteiger partial charge on any atom is 0.330 e. The molecule has 0 aliphatic rings. The Morgan fingerprint density at radius 3 is 2.60 bits per heavy atom. The molecule has 0 bridgehead atoms. The number of aromatic nitrogens is 2. The number of nitro groups is 1. The standard InChI is InChI=1S/C12H12F2N4O2/c1-17-7-11(18(19)20)12(16-17)15-3-2-8-4-9(13)6-10(14)5-8/h4-7H,2-3H2,1H3,(H,15,16). The zero-order valence-corrected chi connectivity index (χ0v) is 10.6. The van der Waals surface area contributed by atoms with Crippen molar-refractivity contribution in [2.24, 2.45) is 7.05 Å². The largest absolute Gasteiger partial charge is 0.363 e. The van der Waals surface area contributed by atoms with Crippen LogP contribution in [-0.2, 0) is 13.5 Å². The molecule has 2 rings (SSSR count). The normalized spacial score (nSPS) is 10.6. The van der Waals surface area contributed by atoms with E-state index in [1.54, 1.807) is 7.05 Å². The van der Waals surface area contributed by atoms with Gasteiger partial charge >= 0.3 is 5.69 Å². The highest BCUT2D eigenvalue weighted by Gasteiger charge is 2.17. The summed E-state index contributed by atoms with van der Waals surface area (Å²) >= 11 is 0. The second-order valence-electron chi connectivity index (χ2n) is 4.25. The molecule has 0 saturated heterocycles. The summed E-state index contributed by atoms with van der Waals surface area (Å²) in [4.78, 5) is 10.2. The highest BCUT2D eigenvalue weighted by atomic mass is 19.1. The van der Waals surface area contributed by atoms with E-state index in [-0.39, 0.29) is 18.1 Å². The molecule has 0 fully saturated rings. The van der Waals surface area contributed by atoms with Gasteiger partial charge in [-0.2, -0.15) is 0 Å². The molecular formula is C12H12F2N4O2. The third kappa shape index (κ3) is 3.28. The molecule has 0 saturated carbocycles. The molecule has 8 heteroatoms. The number of aryl methyl sites for hydroxylation is 1. The second-order valence-corrected chi connectivity index (χ2v) is 4.25. The second kappa shape index (κ2) is 5.64. The first-order valence-corrected chi connectivity index (χ1v) is 5.82. The fraction of sp³-hybridized carbons (Fsp3) is 0.250. The van der Waals surface area contributed by atoms with Crippen LogP contribution >= 0.6 is 0 Å². The van der Waals surface area contributed by atoms with E-state index < -0.39 is 16.6 Å². The van der Waals surface area contributed by atoms with Crippen molar-refractivity contribution in [2.75, 3.05) is 11.9 Å². The molecule has 0 radical (unpaired) electrons. The lowest BCUT2D eigenvalue weighted by Crippen LogP contribution is -2.07. The molecule has 1 aromatic heterocycles. The molecule has 20 heavy (non-hydrogen) atoms. The highest BCUT2D eigenvalue weighted by Crippen LogP contribution is 2.21. The third-order valence-electron chi connectivity index (χ3n) is 2.63. The fourth-order valence-corrected chi connectivity index (χ4v) is 1.82. The minimum absolute atomic E-state index is 0.134. The fourth-order valence-electron chi connectivity index (χ4n) is 1.82. The van der Waals surface area contributed by atoms with Crippen LogP contribution in [0.1, 0.15) is 5.56 Å². The Hall–Kier alpha value is -2.51. The van der Waals surface area contributed by atoms with Gasteiger partial charge in [-0.1, -0.05) is 0 Å². The molecule has 1 N–H and O–H groups in total. The van der Waals surface area contributed by atoms with Crippen LogP contribution in [0.2, 0.25) is 0 Å². The van der Waals surface area contributed by atoms with Crippen LogP contribution in [0, 0.1) is 21.7 Å². The number of benzene rings is 1. The Morgan fingerprint density at radius 2 is 2.00 bits per heavy atom. The van der Waals surface area contributed by atoms with Crippen LogP contribution in [0.4, 0.5) is 20.3 Å². The first kappa shape index (κ1) is 13.9. The Kier molecular flexibility index (Phi) is 3.92. The van der Waals surface area contributed by atoms with Gasteiger partial charge in [0.1, 0.15) is 17.8 Å². The molecule has 2 aromatic rings. The van der Waals surface area contributed by atoms with Gasteiger partial charge in [0, 0.05) is 19.7 Å². The summed E-state index contributed by atoms with van der Waals surface area (Å²) in [5.74, 6) is -1.16. The van der Waals surface area contributed by atoms with Crippen LogP contribution in [-0.4, -0.2) is 21.2 Å². The van der Waals surface area contributed by atoms with Crippen molar-refractivity contribution < 1.29 is 13.7 Å². The lowest BCUT2D eigenvalue weighted by atomic mass is 10.1. The summed E-state index contributed by atoms with van der Waals surface area (Å²) in [5.41, 5.74) is 0.325. The minimum atomic E-state index is -0.649. The van der Waals surface area contributed by atoms with Gasteiger partial charge in [0.2, 0.25) is 5.82 Å². The van der Waals surface area contributed by atoms with Gasteiger partial charge in [-0.15, -0.1) is 5.10 Å². The van der Waals surface area contributed by atoms with Crippen molar-refractivity contribution in [2.45, 2.75) is 6.42 Å².